The van der Waals surface area contributed by atoms with Gasteiger partial charge in [-0.15, -0.1) is 0 Å². The quantitative estimate of drug-likeness (QED) is 0.597. The second kappa shape index (κ2) is 7.29. The summed E-state index contributed by atoms with van der Waals surface area (Å²) in [5.74, 6) is 0.601. The predicted molar refractivity (Wildman–Crippen MR) is 86.2 cm³/mol. The van der Waals surface area contributed by atoms with Crippen molar-refractivity contribution in [2.24, 2.45) is 0 Å². The van der Waals surface area contributed by atoms with E-state index in [1.165, 1.54) is 6.07 Å². The van der Waals surface area contributed by atoms with E-state index in [-0.39, 0.29) is 10.6 Å². The van der Waals surface area contributed by atoms with Gasteiger partial charge >= 0.3 is 0 Å². The van der Waals surface area contributed by atoms with Crippen LogP contribution in [0.1, 0.15) is 19.8 Å². The Morgan fingerprint density at radius 2 is 1.82 bits per heavy atom. The zero-order chi connectivity index (χ0) is 16.0. The molecule has 0 fully saturated rings. The normalized spacial score (nSPS) is 11.2. The van der Waals surface area contributed by atoms with Crippen molar-refractivity contribution in [1.82, 2.24) is 0 Å². The van der Waals surface area contributed by atoms with Gasteiger partial charge in [0.15, 0.2) is 5.75 Å². The Hall–Kier alpha value is -2.05. The van der Waals surface area contributed by atoms with Crippen molar-refractivity contribution in [3.63, 3.8) is 0 Å². The van der Waals surface area contributed by atoms with Crippen LogP contribution in [0.3, 0.4) is 0 Å². The molecule has 2 aromatic rings. The molecule has 2 aromatic carbocycles. The van der Waals surface area contributed by atoms with E-state index in [0.717, 1.165) is 12.8 Å². The second-order valence-electron chi connectivity index (χ2n) is 4.80. The number of anilines is 1. The molecule has 0 atom stereocenters. The Balaban J connectivity index is 2.41. The molecule has 5 nitrogen and oxygen atoms in total. The van der Waals surface area contributed by atoms with Crippen molar-refractivity contribution in [3.05, 3.63) is 48.5 Å². The van der Waals surface area contributed by atoms with Crippen LogP contribution in [-0.4, -0.2) is 19.5 Å². The SMILES string of the molecule is CCCCNc1cccc(S(=O)(=O)O)c1Oc1ccccc1. The minimum absolute atomic E-state index is 0.104. The first-order chi connectivity index (χ1) is 10.5. The van der Waals surface area contributed by atoms with Gasteiger partial charge in [-0.2, -0.15) is 8.42 Å². The lowest BCUT2D eigenvalue weighted by molar-refractivity contribution is 0.451. The fraction of sp³-hybridized carbons (Fsp3) is 0.250. The minimum Gasteiger partial charge on any atom is -0.454 e. The van der Waals surface area contributed by atoms with E-state index in [4.69, 9.17) is 4.74 Å². The van der Waals surface area contributed by atoms with E-state index < -0.39 is 10.1 Å². The highest BCUT2D eigenvalue weighted by Crippen LogP contribution is 2.36. The summed E-state index contributed by atoms with van der Waals surface area (Å²) in [7, 11) is -4.37. The lowest BCUT2D eigenvalue weighted by atomic mass is 10.2. The Kier molecular flexibility index (Phi) is 5.41. The lowest BCUT2D eigenvalue weighted by Gasteiger charge is -2.15. The summed E-state index contributed by atoms with van der Waals surface area (Å²) in [4.78, 5) is -0.252. The molecule has 0 amide bonds. The van der Waals surface area contributed by atoms with Crippen molar-refractivity contribution in [2.75, 3.05) is 11.9 Å². The number of unbranched alkanes of at least 4 members (excludes halogenated alkanes) is 1. The molecule has 0 spiro atoms. The molecule has 0 aliphatic rings. The number of nitrogens with one attached hydrogen (secondary N) is 1. The monoisotopic (exact) mass is 321 g/mol. The zero-order valence-corrected chi connectivity index (χ0v) is 13.1. The minimum atomic E-state index is -4.37. The summed E-state index contributed by atoms with van der Waals surface area (Å²) in [6.45, 7) is 2.76. The van der Waals surface area contributed by atoms with Crippen LogP contribution in [0.25, 0.3) is 0 Å². The third-order valence-electron chi connectivity index (χ3n) is 3.07. The van der Waals surface area contributed by atoms with E-state index in [9.17, 15) is 13.0 Å². The predicted octanol–water partition coefficient (Wildman–Crippen LogP) is 3.94. The molecule has 0 saturated heterocycles. The number of hydrogen-bond donors (Lipinski definition) is 2. The zero-order valence-electron chi connectivity index (χ0n) is 12.3. The Morgan fingerprint density at radius 3 is 2.45 bits per heavy atom. The molecule has 0 radical (unpaired) electrons. The van der Waals surface area contributed by atoms with Gasteiger partial charge in [-0.1, -0.05) is 37.6 Å². The number of benzene rings is 2. The maximum Gasteiger partial charge on any atom is 0.298 e. The molecule has 0 heterocycles. The highest BCUT2D eigenvalue weighted by atomic mass is 32.2. The van der Waals surface area contributed by atoms with Crippen LogP contribution in [0.5, 0.6) is 11.5 Å². The molecule has 2 N–H and O–H groups in total. The summed E-state index contributed by atoms with van der Waals surface area (Å²) in [5, 5.41) is 3.15. The molecule has 0 bridgehead atoms. The van der Waals surface area contributed by atoms with Crippen LogP contribution in [0.2, 0.25) is 0 Å². The van der Waals surface area contributed by atoms with Crippen molar-refractivity contribution in [1.29, 1.82) is 0 Å². The van der Waals surface area contributed by atoms with Crippen molar-refractivity contribution in [3.8, 4) is 11.5 Å². The van der Waals surface area contributed by atoms with E-state index in [1.54, 1.807) is 36.4 Å². The Labute approximate surface area is 130 Å². The van der Waals surface area contributed by atoms with Crippen molar-refractivity contribution >= 4 is 15.8 Å². The van der Waals surface area contributed by atoms with Crippen LogP contribution in [-0.2, 0) is 10.1 Å². The first-order valence-electron chi connectivity index (χ1n) is 7.09. The van der Waals surface area contributed by atoms with Crippen LogP contribution >= 0.6 is 0 Å². The van der Waals surface area contributed by atoms with E-state index in [0.29, 0.717) is 18.0 Å². The highest BCUT2D eigenvalue weighted by molar-refractivity contribution is 7.86. The standard InChI is InChI=1S/C16H19NO4S/c1-2-3-12-17-14-10-7-11-15(22(18,19)20)16(14)21-13-8-5-4-6-9-13/h4-11,17H,2-3,12H2,1H3,(H,18,19,20). The smallest absolute Gasteiger partial charge is 0.298 e. The molecule has 2 rings (SSSR count). The van der Waals surface area contributed by atoms with Crippen molar-refractivity contribution in [2.45, 2.75) is 24.7 Å². The summed E-state index contributed by atoms with van der Waals surface area (Å²) in [6, 6.07) is 13.5. The topological polar surface area (TPSA) is 75.6 Å². The molecule has 0 aliphatic carbocycles. The molecule has 118 valence electrons. The van der Waals surface area contributed by atoms with E-state index in [2.05, 4.69) is 12.2 Å². The van der Waals surface area contributed by atoms with E-state index >= 15 is 0 Å². The first-order valence-corrected chi connectivity index (χ1v) is 8.53. The first kappa shape index (κ1) is 16.3. The van der Waals surface area contributed by atoms with Gasteiger partial charge in [0.05, 0.1) is 5.69 Å². The summed E-state index contributed by atoms with van der Waals surface area (Å²) < 4.78 is 38.3. The number of ether oxygens (including phenoxy) is 1. The summed E-state index contributed by atoms with van der Waals surface area (Å²) in [5.41, 5.74) is 0.535. The van der Waals surface area contributed by atoms with Gasteiger partial charge in [-0.25, -0.2) is 0 Å². The molecule has 0 saturated carbocycles. The molecule has 0 aromatic heterocycles. The third-order valence-corrected chi connectivity index (χ3v) is 3.94. The molecular formula is C16H19NO4S. The fourth-order valence-corrected chi connectivity index (χ4v) is 2.61. The Morgan fingerprint density at radius 1 is 1.09 bits per heavy atom. The Bertz CT molecular complexity index is 714. The summed E-state index contributed by atoms with van der Waals surface area (Å²) in [6.07, 6.45) is 1.96. The number of para-hydroxylation sites is 2. The average Bonchev–Trinajstić information content (AvgIpc) is 2.49. The van der Waals surface area contributed by atoms with Crippen LogP contribution in [0.4, 0.5) is 5.69 Å². The number of hydrogen-bond acceptors (Lipinski definition) is 4. The van der Waals surface area contributed by atoms with Gasteiger partial charge in [0.2, 0.25) is 0 Å². The van der Waals surface area contributed by atoms with Gasteiger partial charge < -0.3 is 10.1 Å². The maximum absolute atomic E-state index is 11.6. The average molecular weight is 321 g/mol. The van der Waals surface area contributed by atoms with E-state index in [1.807, 2.05) is 6.07 Å². The largest absolute Gasteiger partial charge is 0.454 e. The van der Waals surface area contributed by atoms with Crippen LogP contribution in [0.15, 0.2) is 53.4 Å². The van der Waals surface area contributed by atoms with Gasteiger partial charge in [-0.3, -0.25) is 4.55 Å². The fourth-order valence-electron chi connectivity index (χ4n) is 1.97. The maximum atomic E-state index is 11.6. The lowest BCUT2D eigenvalue weighted by Crippen LogP contribution is -2.07. The second-order valence-corrected chi connectivity index (χ2v) is 6.19. The molecule has 6 heteroatoms. The van der Waals surface area contributed by atoms with Crippen LogP contribution in [0, 0.1) is 0 Å². The molecule has 0 unspecified atom stereocenters. The van der Waals surface area contributed by atoms with Gasteiger partial charge in [0, 0.05) is 6.54 Å². The number of rotatable bonds is 7. The molecular weight excluding hydrogens is 302 g/mol. The van der Waals surface area contributed by atoms with Crippen molar-refractivity contribution < 1.29 is 17.7 Å². The molecule has 22 heavy (non-hydrogen) atoms. The third kappa shape index (κ3) is 4.22. The van der Waals surface area contributed by atoms with Gasteiger partial charge in [0.25, 0.3) is 10.1 Å². The molecule has 0 aliphatic heterocycles. The van der Waals surface area contributed by atoms with Gasteiger partial charge in [0.1, 0.15) is 10.6 Å². The summed E-state index contributed by atoms with van der Waals surface area (Å²) >= 11 is 0. The highest BCUT2D eigenvalue weighted by Gasteiger charge is 2.20. The van der Waals surface area contributed by atoms with Gasteiger partial charge in [-0.05, 0) is 30.7 Å². The van der Waals surface area contributed by atoms with Crippen LogP contribution < -0.4 is 10.1 Å².